The van der Waals surface area contributed by atoms with E-state index in [2.05, 4.69) is 21.1 Å². The fourth-order valence-corrected chi connectivity index (χ4v) is 2.19. The van der Waals surface area contributed by atoms with Crippen molar-refractivity contribution >= 4 is 17.6 Å². The third-order valence-electron chi connectivity index (χ3n) is 3.28. The molecule has 2 atom stereocenters. The largest absolute Gasteiger partial charge is 0.390 e. The Morgan fingerprint density at radius 3 is 2.95 bits per heavy atom. The quantitative estimate of drug-likeness (QED) is 0.669. The molecule has 7 heteroatoms. The average Bonchev–Trinajstić information content (AvgIpc) is 2.81. The van der Waals surface area contributed by atoms with E-state index in [9.17, 15) is 9.59 Å². The Kier molecular flexibility index (Phi) is 4.59. The van der Waals surface area contributed by atoms with Crippen LogP contribution in [0.5, 0.6) is 0 Å². The van der Waals surface area contributed by atoms with Crippen LogP contribution < -0.4 is 16.0 Å². The van der Waals surface area contributed by atoms with Crippen LogP contribution in [-0.4, -0.2) is 43.4 Å². The van der Waals surface area contributed by atoms with E-state index in [0.717, 1.165) is 31.5 Å². The molecule has 2 heterocycles. The second-order valence-corrected chi connectivity index (χ2v) is 4.98. The highest BCUT2D eigenvalue weighted by molar-refractivity contribution is 5.83. The minimum absolute atomic E-state index is 0.0229. The molecule has 106 valence electrons. The van der Waals surface area contributed by atoms with Crippen LogP contribution in [0.3, 0.4) is 0 Å². The maximum atomic E-state index is 11.6. The van der Waals surface area contributed by atoms with E-state index in [1.54, 1.807) is 0 Å². The molecule has 0 saturated carbocycles. The zero-order valence-corrected chi connectivity index (χ0v) is 11.1. The standard InChI is InChI=1S/C12H20N4O3/c1-8-5-10(19-16-8)7-15-12(18)14-6-9-3-2-4-13-11(9)17/h9-10H,2-7H2,1H3,(H,13,17)(H2,14,15,18). The Bertz CT molecular complexity index is 383. The molecule has 2 unspecified atom stereocenters. The molecular weight excluding hydrogens is 248 g/mol. The SMILES string of the molecule is CC1=NOC(CNC(=O)NCC2CCCNC2=O)C1. The predicted molar refractivity (Wildman–Crippen MR) is 69.7 cm³/mol. The van der Waals surface area contributed by atoms with Crippen molar-refractivity contribution in [2.24, 2.45) is 11.1 Å². The van der Waals surface area contributed by atoms with E-state index in [1.807, 2.05) is 6.92 Å². The number of hydrogen-bond acceptors (Lipinski definition) is 4. The number of carbonyl (C=O) groups excluding carboxylic acids is 2. The Balaban J connectivity index is 1.60. The van der Waals surface area contributed by atoms with Crippen molar-refractivity contribution in [1.29, 1.82) is 0 Å². The highest BCUT2D eigenvalue weighted by Crippen LogP contribution is 2.10. The molecule has 19 heavy (non-hydrogen) atoms. The lowest BCUT2D eigenvalue weighted by molar-refractivity contribution is -0.126. The summed E-state index contributed by atoms with van der Waals surface area (Å²) in [7, 11) is 0. The molecule has 2 rings (SSSR count). The lowest BCUT2D eigenvalue weighted by Crippen LogP contribution is -2.46. The van der Waals surface area contributed by atoms with Crippen LogP contribution in [0.15, 0.2) is 5.16 Å². The van der Waals surface area contributed by atoms with Gasteiger partial charge in [0, 0.05) is 19.5 Å². The van der Waals surface area contributed by atoms with Crippen LogP contribution in [0.4, 0.5) is 4.79 Å². The van der Waals surface area contributed by atoms with Gasteiger partial charge in [0.25, 0.3) is 0 Å². The summed E-state index contributed by atoms with van der Waals surface area (Å²) in [5.74, 6) is -0.0949. The number of amides is 3. The summed E-state index contributed by atoms with van der Waals surface area (Å²) >= 11 is 0. The summed E-state index contributed by atoms with van der Waals surface area (Å²) in [6.45, 7) is 3.42. The molecule has 7 nitrogen and oxygen atoms in total. The highest BCUT2D eigenvalue weighted by Gasteiger charge is 2.23. The lowest BCUT2D eigenvalue weighted by atomic mass is 9.99. The monoisotopic (exact) mass is 268 g/mol. The van der Waals surface area contributed by atoms with E-state index >= 15 is 0 Å². The summed E-state index contributed by atoms with van der Waals surface area (Å²) in [4.78, 5) is 28.2. The molecule has 0 spiro atoms. The van der Waals surface area contributed by atoms with E-state index in [0.29, 0.717) is 13.1 Å². The van der Waals surface area contributed by atoms with Gasteiger partial charge in [-0.3, -0.25) is 4.79 Å². The Hall–Kier alpha value is -1.79. The van der Waals surface area contributed by atoms with E-state index in [4.69, 9.17) is 4.84 Å². The number of urea groups is 1. The normalized spacial score (nSPS) is 26.2. The van der Waals surface area contributed by atoms with E-state index in [1.165, 1.54) is 0 Å². The first kappa shape index (κ1) is 13.6. The minimum Gasteiger partial charge on any atom is -0.390 e. The van der Waals surface area contributed by atoms with E-state index < -0.39 is 0 Å². The van der Waals surface area contributed by atoms with Crippen LogP contribution >= 0.6 is 0 Å². The first-order valence-electron chi connectivity index (χ1n) is 6.64. The number of nitrogens with zero attached hydrogens (tertiary/aromatic N) is 1. The second kappa shape index (κ2) is 6.40. The predicted octanol–water partition coefficient (Wildman–Crippen LogP) is -0.0234. The zero-order chi connectivity index (χ0) is 13.7. The van der Waals surface area contributed by atoms with Crippen molar-refractivity contribution < 1.29 is 14.4 Å². The number of piperidine rings is 1. The molecule has 3 N–H and O–H groups in total. The Morgan fingerprint density at radius 1 is 1.47 bits per heavy atom. The molecule has 0 bridgehead atoms. The van der Waals surface area contributed by atoms with E-state index in [-0.39, 0.29) is 24.0 Å². The summed E-state index contributed by atoms with van der Waals surface area (Å²) in [5, 5.41) is 12.0. The summed E-state index contributed by atoms with van der Waals surface area (Å²) in [6.07, 6.45) is 2.45. The average molecular weight is 268 g/mol. The Morgan fingerprint density at radius 2 is 2.26 bits per heavy atom. The fraction of sp³-hybridized carbons (Fsp3) is 0.750. The zero-order valence-electron chi connectivity index (χ0n) is 11.1. The molecule has 0 aromatic rings. The number of nitrogens with one attached hydrogen (secondary N) is 3. The van der Waals surface area contributed by atoms with Gasteiger partial charge in [0.2, 0.25) is 5.91 Å². The molecule has 0 aliphatic carbocycles. The second-order valence-electron chi connectivity index (χ2n) is 4.98. The fourth-order valence-electron chi connectivity index (χ4n) is 2.19. The smallest absolute Gasteiger partial charge is 0.314 e. The van der Waals surface area contributed by atoms with Crippen LogP contribution in [0.25, 0.3) is 0 Å². The van der Waals surface area contributed by atoms with Crippen molar-refractivity contribution in [3.8, 4) is 0 Å². The highest BCUT2D eigenvalue weighted by atomic mass is 16.6. The molecular formula is C12H20N4O3. The van der Waals surface area contributed by atoms with Crippen LogP contribution in [0.2, 0.25) is 0 Å². The summed E-state index contributed by atoms with van der Waals surface area (Å²) < 4.78 is 0. The summed E-state index contributed by atoms with van der Waals surface area (Å²) in [5.41, 5.74) is 0.936. The lowest BCUT2D eigenvalue weighted by Gasteiger charge is -2.22. The minimum atomic E-state index is -0.272. The number of hydrogen-bond donors (Lipinski definition) is 3. The van der Waals surface area contributed by atoms with Crippen molar-refractivity contribution in [1.82, 2.24) is 16.0 Å². The van der Waals surface area contributed by atoms with Crippen molar-refractivity contribution in [2.45, 2.75) is 32.3 Å². The van der Waals surface area contributed by atoms with Gasteiger partial charge in [0.1, 0.15) is 6.10 Å². The number of oxime groups is 1. The molecule has 1 saturated heterocycles. The van der Waals surface area contributed by atoms with Gasteiger partial charge in [-0.25, -0.2) is 4.79 Å². The molecule has 3 amide bonds. The van der Waals surface area contributed by atoms with Gasteiger partial charge in [-0.15, -0.1) is 0 Å². The first-order chi connectivity index (χ1) is 9.15. The number of carbonyl (C=O) groups is 2. The van der Waals surface area contributed by atoms with Gasteiger partial charge in [-0.05, 0) is 19.8 Å². The third-order valence-corrected chi connectivity index (χ3v) is 3.28. The van der Waals surface area contributed by atoms with Gasteiger partial charge >= 0.3 is 6.03 Å². The van der Waals surface area contributed by atoms with Gasteiger partial charge in [0.05, 0.1) is 18.2 Å². The molecule has 0 aromatic heterocycles. The van der Waals surface area contributed by atoms with Crippen LogP contribution in [0.1, 0.15) is 26.2 Å². The maximum Gasteiger partial charge on any atom is 0.314 e. The molecule has 2 aliphatic rings. The topological polar surface area (TPSA) is 91.8 Å². The van der Waals surface area contributed by atoms with Gasteiger partial charge in [-0.2, -0.15) is 0 Å². The molecule has 1 fully saturated rings. The van der Waals surface area contributed by atoms with Crippen molar-refractivity contribution in [3.63, 3.8) is 0 Å². The Labute approximate surface area is 112 Å². The van der Waals surface area contributed by atoms with Gasteiger partial charge < -0.3 is 20.8 Å². The first-order valence-corrected chi connectivity index (χ1v) is 6.64. The van der Waals surface area contributed by atoms with Crippen molar-refractivity contribution in [3.05, 3.63) is 0 Å². The molecule has 2 aliphatic heterocycles. The maximum absolute atomic E-state index is 11.6. The van der Waals surface area contributed by atoms with Crippen LogP contribution in [0, 0.1) is 5.92 Å². The third kappa shape index (κ3) is 4.11. The summed E-state index contributed by atoms with van der Waals surface area (Å²) in [6, 6.07) is -0.272. The van der Waals surface area contributed by atoms with Gasteiger partial charge in [0.15, 0.2) is 0 Å². The number of rotatable bonds is 4. The molecule has 0 aromatic carbocycles. The van der Waals surface area contributed by atoms with Crippen LogP contribution in [-0.2, 0) is 9.63 Å². The van der Waals surface area contributed by atoms with Gasteiger partial charge in [-0.1, -0.05) is 5.16 Å². The van der Waals surface area contributed by atoms with Crippen molar-refractivity contribution in [2.75, 3.05) is 19.6 Å². The molecule has 0 radical (unpaired) electrons.